The molecule has 2 nitrogen and oxygen atoms in total. The number of benzene rings is 1. The van der Waals surface area contributed by atoms with Crippen LogP contribution in [0.3, 0.4) is 0 Å². The summed E-state index contributed by atoms with van der Waals surface area (Å²) in [7, 11) is 0. The second kappa shape index (κ2) is 4.80. The number of fused-ring (bicyclic) bond motifs is 1. The van der Waals surface area contributed by atoms with Crippen molar-refractivity contribution < 1.29 is 0 Å². The molecule has 0 unspecified atom stereocenters. The van der Waals surface area contributed by atoms with Gasteiger partial charge in [0.25, 0.3) is 0 Å². The molecule has 0 spiro atoms. The van der Waals surface area contributed by atoms with Crippen LogP contribution in [0.5, 0.6) is 0 Å². The Labute approximate surface area is 121 Å². The van der Waals surface area contributed by atoms with Gasteiger partial charge in [0.15, 0.2) is 0 Å². The highest BCUT2D eigenvalue weighted by Crippen LogP contribution is 2.37. The maximum atomic E-state index is 9.40. The number of halogens is 1. The maximum absolute atomic E-state index is 9.40. The number of H-pyrrole nitrogens is 1. The molecule has 1 aromatic heterocycles. The summed E-state index contributed by atoms with van der Waals surface area (Å²) < 4.78 is 0.512. The lowest BCUT2D eigenvalue weighted by atomic mass is 9.95. The van der Waals surface area contributed by atoms with Crippen molar-refractivity contribution in [2.75, 3.05) is 0 Å². The molecule has 19 heavy (non-hydrogen) atoms. The molecule has 0 amide bonds. The van der Waals surface area contributed by atoms with E-state index in [4.69, 9.17) is 23.8 Å². The van der Waals surface area contributed by atoms with Crippen LogP contribution in [0.4, 0.5) is 0 Å². The Hall–Kier alpha value is -1.63. The summed E-state index contributed by atoms with van der Waals surface area (Å²) in [5.41, 5.74) is 4.70. The number of pyridine rings is 1. The van der Waals surface area contributed by atoms with Gasteiger partial charge in [-0.3, -0.25) is 0 Å². The van der Waals surface area contributed by atoms with E-state index in [0.717, 1.165) is 36.1 Å². The Balaban J connectivity index is 2.41. The SMILES string of the molecule is N#Cc1c(-c2ccccc2Cl)c2c([nH]c1=S)CCC2. The van der Waals surface area contributed by atoms with E-state index in [9.17, 15) is 5.26 Å². The molecule has 94 valence electrons. The lowest BCUT2D eigenvalue weighted by Gasteiger charge is -2.12. The largest absolute Gasteiger partial charge is 0.349 e. The molecule has 0 saturated heterocycles. The summed E-state index contributed by atoms with van der Waals surface area (Å²) in [6.07, 6.45) is 3.05. The Bertz CT molecular complexity index is 756. The lowest BCUT2D eigenvalue weighted by molar-refractivity contribution is 0.899. The number of aryl methyl sites for hydroxylation is 1. The van der Waals surface area contributed by atoms with E-state index in [-0.39, 0.29) is 0 Å². The average Bonchev–Trinajstić information content (AvgIpc) is 2.85. The second-order valence-corrected chi connectivity index (χ2v) is 5.42. The van der Waals surface area contributed by atoms with E-state index in [2.05, 4.69) is 11.1 Å². The first-order valence-corrected chi connectivity index (χ1v) is 6.94. The van der Waals surface area contributed by atoms with Crippen LogP contribution in [0.1, 0.15) is 23.2 Å². The average molecular weight is 287 g/mol. The number of aromatic nitrogens is 1. The van der Waals surface area contributed by atoms with Crippen molar-refractivity contribution in [2.45, 2.75) is 19.3 Å². The first kappa shape index (κ1) is 12.4. The van der Waals surface area contributed by atoms with Crippen molar-refractivity contribution in [3.63, 3.8) is 0 Å². The van der Waals surface area contributed by atoms with Gasteiger partial charge >= 0.3 is 0 Å². The third kappa shape index (κ3) is 1.98. The van der Waals surface area contributed by atoms with Crippen LogP contribution < -0.4 is 0 Å². The molecule has 3 rings (SSSR count). The predicted molar refractivity (Wildman–Crippen MR) is 78.8 cm³/mol. The van der Waals surface area contributed by atoms with Gasteiger partial charge in [-0.05, 0) is 30.9 Å². The summed E-state index contributed by atoms with van der Waals surface area (Å²) in [4.78, 5) is 3.19. The fraction of sp³-hybridized carbons (Fsp3) is 0.200. The second-order valence-electron chi connectivity index (χ2n) is 4.61. The van der Waals surface area contributed by atoms with Gasteiger partial charge in [-0.2, -0.15) is 5.26 Å². The molecule has 0 fully saturated rings. The molecule has 0 bridgehead atoms. The van der Waals surface area contributed by atoms with E-state index in [1.54, 1.807) is 0 Å². The summed E-state index contributed by atoms with van der Waals surface area (Å²) in [6, 6.07) is 9.85. The number of nitriles is 1. The van der Waals surface area contributed by atoms with Gasteiger partial charge in [0, 0.05) is 21.8 Å². The minimum atomic E-state index is 0.512. The van der Waals surface area contributed by atoms with Crippen molar-refractivity contribution in [1.82, 2.24) is 4.98 Å². The number of rotatable bonds is 1. The third-order valence-electron chi connectivity index (χ3n) is 3.52. The molecule has 1 N–H and O–H groups in total. The normalized spacial score (nSPS) is 13.1. The van der Waals surface area contributed by atoms with Crippen LogP contribution in [0.2, 0.25) is 5.02 Å². The first-order valence-electron chi connectivity index (χ1n) is 6.15. The number of nitrogens with zero attached hydrogens (tertiary/aromatic N) is 1. The molecule has 1 heterocycles. The molecule has 2 aromatic rings. The number of hydrogen-bond acceptors (Lipinski definition) is 2. The molecule has 1 aliphatic rings. The Morgan fingerprint density at radius 1 is 1.26 bits per heavy atom. The van der Waals surface area contributed by atoms with E-state index in [1.165, 1.54) is 5.56 Å². The fourth-order valence-electron chi connectivity index (χ4n) is 2.69. The molecule has 1 aliphatic carbocycles. The molecule has 0 saturated carbocycles. The minimum absolute atomic E-state index is 0.512. The van der Waals surface area contributed by atoms with Crippen molar-refractivity contribution in [3.8, 4) is 17.2 Å². The highest BCUT2D eigenvalue weighted by Gasteiger charge is 2.22. The van der Waals surface area contributed by atoms with Gasteiger partial charge in [0.1, 0.15) is 10.7 Å². The smallest absolute Gasteiger partial charge is 0.122 e. The van der Waals surface area contributed by atoms with Crippen molar-refractivity contribution in [3.05, 3.63) is 50.7 Å². The van der Waals surface area contributed by atoms with Crippen LogP contribution in [0.15, 0.2) is 24.3 Å². The van der Waals surface area contributed by atoms with Crippen molar-refractivity contribution >= 4 is 23.8 Å². The summed E-state index contributed by atoms with van der Waals surface area (Å²) >= 11 is 11.6. The van der Waals surface area contributed by atoms with Crippen LogP contribution >= 0.6 is 23.8 Å². The summed E-state index contributed by atoms with van der Waals surface area (Å²) in [5.74, 6) is 0. The summed E-state index contributed by atoms with van der Waals surface area (Å²) in [5, 5.41) is 10.1. The monoisotopic (exact) mass is 286 g/mol. The van der Waals surface area contributed by atoms with Crippen LogP contribution in [-0.4, -0.2) is 4.98 Å². The van der Waals surface area contributed by atoms with Crippen LogP contribution in [0.25, 0.3) is 11.1 Å². The van der Waals surface area contributed by atoms with E-state index in [0.29, 0.717) is 15.2 Å². The zero-order valence-corrected chi connectivity index (χ0v) is 11.7. The zero-order valence-electron chi connectivity index (χ0n) is 10.2. The minimum Gasteiger partial charge on any atom is -0.349 e. The fourth-order valence-corrected chi connectivity index (χ4v) is 3.19. The molecule has 0 atom stereocenters. The van der Waals surface area contributed by atoms with Gasteiger partial charge in [-0.1, -0.05) is 42.0 Å². The standard InChI is InChI=1S/C15H11ClN2S/c16-12-6-2-1-4-9(12)14-10-5-3-7-13(10)18-15(19)11(14)8-17/h1-2,4,6H,3,5,7H2,(H,18,19). The highest BCUT2D eigenvalue weighted by atomic mass is 35.5. The maximum Gasteiger partial charge on any atom is 0.122 e. The van der Waals surface area contributed by atoms with E-state index >= 15 is 0 Å². The van der Waals surface area contributed by atoms with Gasteiger partial charge in [0.2, 0.25) is 0 Å². The number of nitrogens with one attached hydrogen (secondary N) is 1. The predicted octanol–water partition coefficient (Wildman–Crippen LogP) is 4.42. The molecular formula is C15H11ClN2S. The molecule has 1 aromatic carbocycles. The van der Waals surface area contributed by atoms with E-state index in [1.807, 2.05) is 24.3 Å². The Morgan fingerprint density at radius 2 is 2.05 bits per heavy atom. The zero-order chi connectivity index (χ0) is 13.4. The molecular weight excluding hydrogens is 276 g/mol. The number of aromatic amines is 1. The van der Waals surface area contributed by atoms with Crippen molar-refractivity contribution in [1.29, 1.82) is 5.26 Å². The van der Waals surface area contributed by atoms with Crippen molar-refractivity contribution in [2.24, 2.45) is 0 Å². The summed E-state index contributed by atoms with van der Waals surface area (Å²) in [6.45, 7) is 0. The number of hydrogen-bond donors (Lipinski definition) is 1. The van der Waals surface area contributed by atoms with Crippen LogP contribution in [-0.2, 0) is 12.8 Å². The molecule has 4 heteroatoms. The van der Waals surface area contributed by atoms with E-state index < -0.39 is 0 Å². The topological polar surface area (TPSA) is 39.6 Å². The van der Waals surface area contributed by atoms with Gasteiger partial charge in [-0.15, -0.1) is 0 Å². The highest BCUT2D eigenvalue weighted by molar-refractivity contribution is 7.71. The van der Waals surface area contributed by atoms with Gasteiger partial charge < -0.3 is 4.98 Å². The molecule has 0 aliphatic heterocycles. The van der Waals surface area contributed by atoms with Gasteiger partial charge in [0.05, 0.1) is 5.56 Å². The quantitative estimate of drug-likeness (QED) is 0.788. The van der Waals surface area contributed by atoms with Crippen LogP contribution in [0, 0.1) is 16.0 Å². The first-order chi connectivity index (χ1) is 9.22. The Morgan fingerprint density at radius 3 is 2.79 bits per heavy atom. The molecule has 0 radical (unpaired) electrons. The Kier molecular flexibility index (Phi) is 3.14. The third-order valence-corrected chi connectivity index (χ3v) is 4.15. The lowest BCUT2D eigenvalue weighted by Crippen LogP contribution is -1.98. The van der Waals surface area contributed by atoms with Gasteiger partial charge in [-0.25, -0.2) is 0 Å².